The number of hydrogen-bond donors (Lipinski definition) is 2. The van der Waals surface area contributed by atoms with E-state index in [0.717, 1.165) is 55.0 Å². The summed E-state index contributed by atoms with van der Waals surface area (Å²) < 4.78 is 21.1. The first-order valence-electron chi connectivity index (χ1n) is 11.2. The van der Waals surface area contributed by atoms with Crippen molar-refractivity contribution in [1.29, 1.82) is 0 Å². The fourth-order valence-electron chi connectivity index (χ4n) is 4.19. The van der Waals surface area contributed by atoms with Crippen molar-refractivity contribution in [3.63, 3.8) is 0 Å². The number of nitrogens with zero attached hydrogens (tertiary/aromatic N) is 4. The van der Waals surface area contributed by atoms with Crippen LogP contribution in [0.15, 0.2) is 55.1 Å². The van der Waals surface area contributed by atoms with Gasteiger partial charge in [0, 0.05) is 55.4 Å². The van der Waals surface area contributed by atoms with Crippen molar-refractivity contribution in [3.8, 4) is 5.69 Å². The molecule has 0 unspecified atom stereocenters. The summed E-state index contributed by atoms with van der Waals surface area (Å²) in [7, 11) is 0. The maximum Gasteiger partial charge on any atom is 0.141 e. The Morgan fingerprint density at radius 1 is 1.06 bits per heavy atom. The zero-order valence-corrected chi connectivity index (χ0v) is 19.3. The molecule has 2 aromatic carbocycles. The molecule has 7 nitrogen and oxygen atoms in total. The molecule has 2 N–H and O–H groups in total. The first kappa shape index (κ1) is 22.7. The van der Waals surface area contributed by atoms with E-state index in [1.807, 2.05) is 18.2 Å². The molecule has 1 aliphatic heterocycles. The van der Waals surface area contributed by atoms with E-state index < -0.39 is 5.82 Å². The Morgan fingerprint density at radius 2 is 1.88 bits per heavy atom. The SMILES string of the molecule is OCCc1cn(-c2ccc3ncnc(Nc4ccc(F)c(Cl)c4)c3c2)cc1CN1CCOCC1. The van der Waals surface area contributed by atoms with Gasteiger partial charge in [0.1, 0.15) is 18.0 Å². The fraction of sp³-hybridized carbons (Fsp3) is 0.280. The minimum Gasteiger partial charge on any atom is -0.396 e. The minimum absolute atomic E-state index is 0.0422. The quantitative estimate of drug-likeness (QED) is 0.409. The second-order valence-corrected chi connectivity index (χ2v) is 8.66. The van der Waals surface area contributed by atoms with Crippen LogP contribution >= 0.6 is 11.6 Å². The van der Waals surface area contributed by atoms with Gasteiger partial charge in [0.2, 0.25) is 0 Å². The van der Waals surface area contributed by atoms with Crippen LogP contribution in [0.3, 0.4) is 0 Å². The fourth-order valence-corrected chi connectivity index (χ4v) is 4.37. The lowest BCUT2D eigenvalue weighted by molar-refractivity contribution is 0.0340. The van der Waals surface area contributed by atoms with Gasteiger partial charge in [-0.1, -0.05) is 11.6 Å². The number of anilines is 2. The Bertz CT molecular complexity index is 1310. The predicted molar refractivity (Wildman–Crippen MR) is 130 cm³/mol. The molecule has 1 fully saturated rings. The number of aliphatic hydroxyl groups is 1. The number of aliphatic hydroxyl groups excluding tert-OH is 1. The lowest BCUT2D eigenvalue weighted by atomic mass is 10.1. The Labute approximate surface area is 201 Å². The normalized spacial score (nSPS) is 14.6. The van der Waals surface area contributed by atoms with Crippen LogP contribution < -0.4 is 5.32 Å². The van der Waals surface area contributed by atoms with Gasteiger partial charge < -0.3 is 19.7 Å². The second-order valence-electron chi connectivity index (χ2n) is 8.26. The van der Waals surface area contributed by atoms with Crippen LogP contribution in [0.1, 0.15) is 11.1 Å². The van der Waals surface area contributed by atoms with Gasteiger partial charge in [-0.15, -0.1) is 0 Å². The number of rotatable bonds is 7. The van der Waals surface area contributed by atoms with Crippen molar-refractivity contribution in [2.75, 3.05) is 38.2 Å². The summed E-state index contributed by atoms with van der Waals surface area (Å²) in [6, 6.07) is 10.4. The van der Waals surface area contributed by atoms with Crippen LogP contribution in [0.4, 0.5) is 15.9 Å². The second kappa shape index (κ2) is 10.1. The molecular weight excluding hydrogens is 457 g/mol. The van der Waals surface area contributed by atoms with E-state index >= 15 is 0 Å². The Morgan fingerprint density at radius 3 is 2.68 bits per heavy atom. The van der Waals surface area contributed by atoms with Crippen LogP contribution in [0.5, 0.6) is 0 Å². The first-order valence-corrected chi connectivity index (χ1v) is 11.6. The smallest absolute Gasteiger partial charge is 0.141 e. The monoisotopic (exact) mass is 481 g/mol. The number of morpholine rings is 1. The molecule has 0 aliphatic carbocycles. The van der Waals surface area contributed by atoms with Gasteiger partial charge in [-0.2, -0.15) is 0 Å². The van der Waals surface area contributed by atoms with E-state index in [0.29, 0.717) is 17.9 Å². The average Bonchev–Trinajstić information content (AvgIpc) is 3.24. The van der Waals surface area contributed by atoms with Gasteiger partial charge in [-0.3, -0.25) is 4.90 Å². The van der Waals surface area contributed by atoms with Crippen molar-refractivity contribution < 1.29 is 14.2 Å². The number of aromatic nitrogens is 3. The largest absolute Gasteiger partial charge is 0.396 e. The average molecular weight is 482 g/mol. The molecule has 0 amide bonds. The van der Waals surface area contributed by atoms with E-state index in [1.54, 1.807) is 6.07 Å². The highest BCUT2D eigenvalue weighted by Crippen LogP contribution is 2.28. The zero-order valence-electron chi connectivity index (χ0n) is 18.5. The summed E-state index contributed by atoms with van der Waals surface area (Å²) in [5.41, 5.74) is 4.69. The van der Waals surface area contributed by atoms with Crippen molar-refractivity contribution >= 4 is 34.0 Å². The molecule has 1 aliphatic rings. The topological polar surface area (TPSA) is 75.4 Å². The number of fused-ring (bicyclic) bond motifs is 1. The van der Waals surface area contributed by atoms with Crippen LogP contribution in [0.2, 0.25) is 5.02 Å². The predicted octanol–water partition coefficient (Wildman–Crippen LogP) is 4.32. The standard InChI is InChI=1S/C25H25ClFN5O2/c26-22-11-19(1-3-23(22)27)30-25-21-12-20(2-4-24(21)28-16-29-25)32-14-17(5-8-33)18(15-32)13-31-6-9-34-10-7-31/h1-4,11-12,14-16,33H,5-10,13H2,(H,28,29,30). The molecule has 176 valence electrons. The molecule has 0 atom stereocenters. The molecule has 2 aromatic heterocycles. The third kappa shape index (κ3) is 4.90. The molecule has 5 rings (SSSR count). The highest BCUT2D eigenvalue weighted by atomic mass is 35.5. The maximum absolute atomic E-state index is 13.6. The van der Waals surface area contributed by atoms with Crippen LogP contribution in [-0.4, -0.2) is 57.5 Å². The summed E-state index contributed by atoms with van der Waals surface area (Å²) in [5, 5.41) is 13.7. The molecule has 0 spiro atoms. The van der Waals surface area contributed by atoms with Crippen molar-refractivity contribution in [2.24, 2.45) is 0 Å². The van der Waals surface area contributed by atoms with Crippen molar-refractivity contribution in [3.05, 3.63) is 77.1 Å². The lowest BCUT2D eigenvalue weighted by Crippen LogP contribution is -2.35. The molecule has 1 saturated heterocycles. The highest BCUT2D eigenvalue weighted by molar-refractivity contribution is 6.31. The number of halogens is 2. The number of nitrogens with one attached hydrogen (secondary N) is 1. The summed E-state index contributed by atoms with van der Waals surface area (Å²) in [5.74, 6) is 0.132. The van der Waals surface area contributed by atoms with Gasteiger partial charge >= 0.3 is 0 Å². The molecule has 4 aromatic rings. The van der Waals surface area contributed by atoms with E-state index in [2.05, 4.69) is 37.1 Å². The molecule has 34 heavy (non-hydrogen) atoms. The van der Waals surface area contributed by atoms with E-state index in [1.165, 1.54) is 24.0 Å². The van der Waals surface area contributed by atoms with Gasteiger partial charge in [-0.25, -0.2) is 14.4 Å². The van der Waals surface area contributed by atoms with E-state index in [-0.39, 0.29) is 11.6 Å². The Kier molecular flexibility index (Phi) is 6.73. The van der Waals surface area contributed by atoms with Crippen molar-refractivity contribution in [1.82, 2.24) is 19.4 Å². The third-order valence-electron chi connectivity index (χ3n) is 5.98. The molecule has 9 heteroatoms. The van der Waals surface area contributed by atoms with Gasteiger partial charge in [0.15, 0.2) is 0 Å². The van der Waals surface area contributed by atoms with Gasteiger partial charge in [-0.05, 0) is 53.9 Å². The highest BCUT2D eigenvalue weighted by Gasteiger charge is 2.16. The van der Waals surface area contributed by atoms with Crippen LogP contribution in [-0.2, 0) is 17.7 Å². The molecule has 3 heterocycles. The van der Waals surface area contributed by atoms with E-state index in [4.69, 9.17) is 16.3 Å². The van der Waals surface area contributed by atoms with Crippen LogP contribution in [0, 0.1) is 5.82 Å². The number of benzene rings is 2. The molecular formula is C25H25ClFN5O2. The third-order valence-corrected chi connectivity index (χ3v) is 6.27. The van der Waals surface area contributed by atoms with Crippen LogP contribution in [0.25, 0.3) is 16.6 Å². The van der Waals surface area contributed by atoms with Gasteiger partial charge in [0.05, 0.1) is 23.8 Å². The summed E-state index contributed by atoms with van der Waals surface area (Å²) in [6.07, 6.45) is 6.29. The summed E-state index contributed by atoms with van der Waals surface area (Å²) >= 11 is 5.94. The number of ether oxygens (including phenoxy) is 1. The number of hydrogen-bond acceptors (Lipinski definition) is 6. The molecule has 0 saturated carbocycles. The Hall–Kier alpha value is -3.04. The zero-order chi connectivity index (χ0) is 23.5. The summed E-state index contributed by atoms with van der Waals surface area (Å²) in [6.45, 7) is 4.21. The first-order chi connectivity index (χ1) is 16.6. The lowest BCUT2D eigenvalue weighted by Gasteiger charge is -2.26. The van der Waals surface area contributed by atoms with E-state index in [9.17, 15) is 9.50 Å². The Balaban J connectivity index is 1.48. The maximum atomic E-state index is 13.6. The minimum atomic E-state index is -0.471. The molecule has 0 radical (unpaired) electrons. The van der Waals surface area contributed by atoms with Crippen molar-refractivity contribution in [2.45, 2.75) is 13.0 Å². The van der Waals surface area contributed by atoms with Gasteiger partial charge in [0.25, 0.3) is 0 Å². The summed E-state index contributed by atoms with van der Waals surface area (Å²) in [4.78, 5) is 11.1. The molecule has 0 bridgehead atoms.